The number of guanidine groups is 1. The van der Waals surface area contributed by atoms with Crippen LogP contribution in [0.4, 0.5) is 0 Å². The van der Waals surface area contributed by atoms with Crippen LogP contribution in [-0.4, -0.2) is 57.7 Å². The third kappa shape index (κ3) is 16.1. The second-order valence-electron chi connectivity index (χ2n) is 8.13. The Morgan fingerprint density at radius 2 is 1.85 bits per heavy atom. The number of aliphatic hydroxyl groups is 1. The Balaban J connectivity index is 0. The topological polar surface area (TPSA) is 90.8 Å². The van der Waals surface area contributed by atoms with Gasteiger partial charge in [-0.2, -0.15) is 0 Å². The van der Waals surface area contributed by atoms with E-state index in [1.807, 2.05) is 20.8 Å². The van der Waals surface area contributed by atoms with Gasteiger partial charge in [0.25, 0.3) is 0 Å². The van der Waals surface area contributed by atoms with Crippen LogP contribution in [0.15, 0.2) is 4.99 Å². The van der Waals surface area contributed by atoms with Crippen LogP contribution in [0.25, 0.3) is 0 Å². The van der Waals surface area contributed by atoms with E-state index < -0.39 is 9.84 Å². The SMILES string of the molecule is CCNC(=NCC(C)(C)CCS(C)(=O)=O)NCC(CCO)CC(C)C.I. The van der Waals surface area contributed by atoms with Crippen LogP contribution in [0.2, 0.25) is 0 Å². The minimum Gasteiger partial charge on any atom is -0.396 e. The first kappa shape index (κ1) is 28.1. The van der Waals surface area contributed by atoms with Gasteiger partial charge in [0.1, 0.15) is 9.84 Å². The van der Waals surface area contributed by atoms with Gasteiger partial charge in [-0.05, 0) is 43.4 Å². The lowest BCUT2D eigenvalue weighted by molar-refractivity contribution is 0.242. The normalized spacial score (nSPS) is 14.1. The molecule has 0 aliphatic heterocycles. The minimum atomic E-state index is -2.95. The summed E-state index contributed by atoms with van der Waals surface area (Å²) in [5.74, 6) is 1.94. The molecule has 0 aliphatic rings. The highest BCUT2D eigenvalue weighted by Crippen LogP contribution is 2.21. The van der Waals surface area contributed by atoms with E-state index in [0.29, 0.717) is 24.8 Å². The molecule has 0 saturated heterocycles. The minimum absolute atomic E-state index is 0. The molecule has 0 amide bonds. The van der Waals surface area contributed by atoms with Crippen LogP contribution in [0.5, 0.6) is 0 Å². The van der Waals surface area contributed by atoms with Gasteiger partial charge in [-0.3, -0.25) is 4.99 Å². The molecule has 0 rings (SSSR count). The van der Waals surface area contributed by atoms with Crippen molar-refractivity contribution < 1.29 is 13.5 Å². The number of sulfone groups is 1. The van der Waals surface area contributed by atoms with Crippen LogP contribution in [0.1, 0.15) is 53.9 Å². The van der Waals surface area contributed by atoms with Gasteiger partial charge in [0.05, 0.1) is 5.75 Å². The van der Waals surface area contributed by atoms with E-state index in [-0.39, 0.29) is 41.8 Å². The van der Waals surface area contributed by atoms with Crippen molar-refractivity contribution in [3.8, 4) is 0 Å². The Kier molecular flexibility index (Phi) is 15.1. The van der Waals surface area contributed by atoms with Crippen molar-refractivity contribution in [2.24, 2.45) is 22.2 Å². The summed E-state index contributed by atoms with van der Waals surface area (Å²) in [6.07, 6.45) is 3.71. The average Bonchev–Trinajstić information content (AvgIpc) is 2.47. The maximum atomic E-state index is 11.4. The van der Waals surface area contributed by atoms with Crippen molar-refractivity contribution in [3.63, 3.8) is 0 Å². The molecule has 158 valence electrons. The zero-order chi connectivity index (χ0) is 19.5. The Morgan fingerprint density at radius 3 is 2.31 bits per heavy atom. The van der Waals surface area contributed by atoms with Crippen LogP contribution >= 0.6 is 24.0 Å². The van der Waals surface area contributed by atoms with E-state index >= 15 is 0 Å². The molecule has 0 aromatic carbocycles. The Bertz CT molecular complexity index is 494. The van der Waals surface area contributed by atoms with E-state index in [4.69, 9.17) is 0 Å². The van der Waals surface area contributed by atoms with Gasteiger partial charge in [0.15, 0.2) is 5.96 Å². The molecule has 0 saturated carbocycles. The highest BCUT2D eigenvalue weighted by molar-refractivity contribution is 14.0. The average molecular weight is 506 g/mol. The molecule has 0 aromatic heterocycles. The monoisotopic (exact) mass is 505 g/mol. The molecule has 0 heterocycles. The van der Waals surface area contributed by atoms with Crippen molar-refractivity contribution >= 4 is 39.8 Å². The summed E-state index contributed by atoms with van der Waals surface area (Å²) in [5, 5.41) is 15.8. The van der Waals surface area contributed by atoms with Gasteiger partial charge < -0.3 is 15.7 Å². The molecule has 3 N–H and O–H groups in total. The Hall–Kier alpha value is -0.0900. The Labute approximate surface area is 178 Å². The molecule has 1 atom stereocenters. The zero-order valence-corrected chi connectivity index (χ0v) is 20.5. The summed E-state index contributed by atoms with van der Waals surface area (Å²) in [6, 6.07) is 0. The molecule has 26 heavy (non-hydrogen) atoms. The summed E-state index contributed by atoms with van der Waals surface area (Å²) in [4.78, 5) is 4.63. The molecule has 6 nitrogen and oxygen atoms in total. The lowest BCUT2D eigenvalue weighted by Crippen LogP contribution is -2.41. The van der Waals surface area contributed by atoms with Crippen LogP contribution in [-0.2, 0) is 9.84 Å². The van der Waals surface area contributed by atoms with Crippen LogP contribution < -0.4 is 10.6 Å². The van der Waals surface area contributed by atoms with Gasteiger partial charge in [0, 0.05) is 32.5 Å². The van der Waals surface area contributed by atoms with E-state index in [0.717, 1.165) is 31.9 Å². The number of halogens is 1. The maximum absolute atomic E-state index is 11.4. The fraction of sp³-hybridized carbons (Fsp3) is 0.944. The summed E-state index contributed by atoms with van der Waals surface area (Å²) in [6.45, 7) is 12.8. The molecule has 1 unspecified atom stereocenters. The van der Waals surface area contributed by atoms with Gasteiger partial charge >= 0.3 is 0 Å². The number of nitrogens with one attached hydrogen (secondary N) is 2. The highest BCUT2D eigenvalue weighted by atomic mass is 127. The van der Waals surface area contributed by atoms with Gasteiger partial charge in [-0.25, -0.2) is 8.42 Å². The second-order valence-corrected chi connectivity index (χ2v) is 10.4. The van der Waals surface area contributed by atoms with E-state index in [9.17, 15) is 13.5 Å². The molecule has 0 bridgehead atoms. The molecule has 8 heteroatoms. The maximum Gasteiger partial charge on any atom is 0.191 e. The first-order valence-corrected chi connectivity index (χ1v) is 11.4. The number of hydrogen-bond acceptors (Lipinski definition) is 4. The predicted octanol–water partition coefficient (Wildman–Crippen LogP) is 2.67. The summed E-state index contributed by atoms with van der Waals surface area (Å²) in [5.41, 5.74) is -0.173. The van der Waals surface area contributed by atoms with Crippen LogP contribution in [0.3, 0.4) is 0 Å². The number of aliphatic imine (C=N–C) groups is 1. The van der Waals surface area contributed by atoms with Crippen molar-refractivity contribution in [2.45, 2.75) is 53.9 Å². The summed E-state index contributed by atoms with van der Waals surface area (Å²) < 4.78 is 22.7. The van der Waals surface area contributed by atoms with Crippen LogP contribution in [0, 0.1) is 17.3 Å². The number of hydrogen-bond donors (Lipinski definition) is 3. The Morgan fingerprint density at radius 1 is 1.23 bits per heavy atom. The summed E-state index contributed by atoms with van der Waals surface area (Å²) in [7, 11) is -2.95. The van der Waals surface area contributed by atoms with E-state index in [1.54, 1.807) is 0 Å². The lowest BCUT2D eigenvalue weighted by atomic mass is 9.90. The highest BCUT2D eigenvalue weighted by Gasteiger charge is 2.20. The lowest BCUT2D eigenvalue weighted by Gasteiger charge is -2.24. The van der Waals surface area contributed by atoms with Gasteiger partial charge in [-0.1, -0.05) is 27.7 Å². The molecule has 0 aliphatic carbocycles. The zero-order valence-electron chi connectivity index (χ0n) is 17.3. The third-order valence-corrected chi connectivity index (χ3v) is 5.01. The molecule has 0 aromatic rings. The second kappa shape index (κ2) is 14.0. The molecular weight excluding hydrogens is 465 g/mol. The smallest absolute Gasteiger partial charge is 0.191 e. The van der Waals surface area contributed by atoms with Crippen molar-refractivity contribution in [3.05, 3.63) is 0 Å². The van der Waals surface area contributed by atoms with E-state index in [1.165, 1.54) is 6.26 Å². The van der Waals surface area contributed by atoms with E-state index in [2.05, 4.69) is 29.5 Å². The van der Waals surface area contributed by atoms with Gasteiger partial charge in [0.2, 0.25) is 0 Å². The predicted molar refractivity (Wildman–Crippen MR) is 122 cm³/mol. The van der Waals surface area contributed by atoms with Crippen molar-refractivity contribution in [2.75, 3.05) is 38.2 Å². The quantitative estimate of drug-likeness (QED) is 0.216. The first-order valence-electron chi connectivity index (χ1n) is 9.30. The first-order chi connectivity index (χ1) is 11.5. The molecular formula is C18H40IN3O3S. The fourth-order valence-corrected chi connectivity index (χ4v) is 3.49. The molecule has 0 spiro atoms. The fourth-order valence-electron chi connectivity index (χ4n) is 2.57. The standard InChI is InChI=1S/C18H39N3O3S.HI/c1-7-19-17(20-13-16(8-10-22)12-15(2)3)21-14-18(4,5)9-11-25(6,23)24;/h15-16,22H,7-14H2,1-6H3,(H2,19,20,21);1H. The number of aliphatic hydroxyl groups excluding tert-OH is 1. The largest absolute Gasteiger partial charge is 0.396 e. The number of nitrogens with zero attached hydrogens (tertiary/aromatic N) is 1. The molecule has 0 fully saturated rings. The molecule has 0 radical (unpaired) electrons. The third-order valence-electron chi connectivity index (χ3n) is 4.06. The van der Waals surface area contributed by atoms with Gasteiger partial charge in [-0.15, -0.1) is 24.0 Å². The number of rotatable bonds is 12. The van der Waals surface area contributed by atoms with Crippen molar-refractivity contribution in [1.29, 1.82) is 0 Å². The van der Waals surface area contributed by atoms with Crippen molar-refractivity contribution in [1.82, 2.24) is 10.6 Å². The summed E-state index contributed by atoms with van der Waals surface area (Å²) >= 11 is 0.